The van der Waals surface area contributed by atoms with Crippen molar-refractivity contribution in [3.05, 3.63) is 76.3 Å². The zero-order chi connectivity index (χ0) is 21.3. The van der Waals surface area contributed by atoms with Gasteiger partial charge in [0.25, 0.3) is 11.5 Å². The first kappa shape index (κ1) is 20.0. The summed E-state index contributed by atoms with van der Waals surface area (Å²) < 4.78 is 20.1. The van der Waals surface area contributed by atoms with Crippen LogP contribution in [0.2, 0.25) is 0 Å². The summed E-state index contributed by atoms with van der Waals surface area (Å²) in [5, 5.41) is 0.218. The number of piperazine rings is 1. The smallest absolute Gasteiger partial charge is 0.265 e. The number of nitrogens with zero attached hydrogens (tertiary/aromatic N) is 4. The van der Waals surface area contributed by atoms with Crippen molar-refractivity contribution < 1.29 is 13.6 Å². The van der Waals surface area contributed by atoms with Gasteiger partial charge >= 0.3 is 0 Å². The number of hydrogen-bond donors (Lipinski definition) is 0. The van der Waals surface area contributed by atoms with E-state index in [-0.39, 0.29) is 33.9 Å². The average Bonchev–Trinajstić information content (AvgIpc) is 3.09. The first-order valence-electron chi connectivity index (χ1n) is 9.83. The molecule has 0 N–H and O–H groups in total. The maximum absolute atomic E-state index is 13.2. The number of amides is 1. The molecule has 0 radical (unpaired) electrons. The summed E-state index contributed by atoms with van der Waals surface area (Å²) in [4.78, 5) is 34.2. The molecule has 0 spiro atoms. The largest absolute Gasteiger partial charge is 0.442 e. The highest BCUT2D eigenvalue weighted by Gasteiger charge is 2.29. The second-order valence-electron chi connectivity index (χ2n) is 7.40. The lowest BCUT2D eigenvalue weighted by atomic mass is 10.1. The number of aryl methyl sites for hydroxylation is 1. The fourth-order valence-electron chi connectivity index (χ4n) is 3.78. The van der Waals surface area contributed by atoms with Crippen molar-refractivity contribution in [2.24, 2.45) is 0 Å². The predicted molar refractivity (Wildman–Crippen MR) is 111 cm³/mol. The topological polar surface area (TPSA) is 71.6 Å². The van der Waals surface area contributed by atoms with Gasteiger partial charge in [0.1, 0.15) is 23.3 Å². The van der Waals surface area contributed by atoms with E-state index in [4.69, 9.17) is 4.42 Å². The minimum Gasteiger partial charge on any atom is -0.442 e. The van der Waals surface area contributed by atoms with Gasteiger partial charge < -0.3 is 9.32 Å². The van der Waals surface area contributed by atoms with Crippen LogP contribution in [0.1, 0.15) is 21.7 Å². The van der Waals surface area contributed by atoms with Crippen molar-refractivity contribution in [3.8, 4) is 0 Å². The van der Waals surface area contributed by atoms with E-state index in [0.29, 0.717) is 45.0 Å². The van der Waals surface area contributed by atoms with E-state index in [2.05, 4.69) is 16.5 Å². The molecule has 30 heavy (non-hydrogen) atoms. The van der Waals surface area contributed by atoms with Crippen LogP contribution in [0.15, 0.2) is 52.5 Å². The summed E-state index contributed by atoms with van der Waals surface area (Å²) in [6.45, 7) is 8.78. The third-order valence-electron chi connectivity index (χ3n) is 5.37. The summed E-state index contributed by atoms with van der Waals surface area (Å²) in [7, 11) is 0. The highest BCUT2D eigenvalue weighted by Crippen LogP contribution is 2.23. The van der Waals surface area contributed by atoms with Gasteiger partial charge in [-0.3, -0.25) is 19.1 Å². The van der Waals surface area contributed by atoms with Crippen LogP contribution in [0.4, 0.5) is 4.39 Å². The van der Waals surface area contributed by atoms with Crippen molar-refractivity contribution in [2.45, 2.75) is 20.0 Å². The van der Waals surface area contributed by atoms with Gasteiger partial charge in [0, 0.05) is 39.3 Å². The van der Waals surface area contributed by atoms with Crippen LogP contribution in [0.5, 0.6) is 0 Å². The quantitative estimate of drug-likeness (QED) is 0.605. The Kier molecular flexibility index (Phi) is 5.50. The van der Waals surface area contributed by atoms with Gasteiger partial charge in [-0.15, -0.1) is 6.58 Å². The minimum absolute atomic E-state index is 0.177. The molecule has 1 aromatic carbocycles. The Labute approximate surface area is 173 Å². The molecule has 1 fully saturated rings. The first-order valence-corrected chi connectivity index (χ1v) is 9.83. The number of carbonyl (C=O) groups excluding carboxylic acids is 1. The van der Waals surface area contributed by atoms with E-state index in [1.165, 1.54) is 23.0 Å². The number of allylic oxidation sites excluding steroid dienone is 1. The van der Waals surface area contributed by atoms with Crippen molar-refractivity contribution in [3.63, 3.8) is 0 Å². The highest BCUT2D eigenvalue weighted by atomic mass is 19.1. The Morgan fingerprint density at radius 2 is 1.93 bits per heavy atom. The van der Waals surface area contributed by atoms with E-state index in [1.807, 2.05) is 0 Å². The number of hydrogen-bond acceptors (Lipinski definition) is 5. The lowest BCUT2D eigenvalue weighted by molar-refractivity contribution is 0.0628. The molecular weight excluding hydrogens is 387 g/mol. The van der Waals surface area contributed by atoms with Crippen LogP contribution in [-0.2, 0) is 13.1 Å². The Balaban J connectivity index is 1.51. The van der Waals surface area contributed by atoms with Gasteiger partial charge in [-0.2, -0.15) is 0 Å². The number of rotatable bonds is 5. The van der Waals surface area contributed by atoms with E-state index < -0.39 is 0 Å². The molecule has 3 aromatic rings. The highest BCUT2D eigenvalue weighted by molar-refractivity contribution is 6.06. The molecule has 1 aliphatic rings. The van der Waals surface area contributed by atoms with Gasteiger partial charge in [0.2, 0.25) is 5.71 Å². The standard InChI is InChI=1S/C22H23FN4O3/c1-3-8-27-14-24-20-19(22(27)29)18(15(2)30-20)21(28)26-11-9-25(10-12-26)13-16-4-6-17(23)7-5-16/h3-7,14H,1,8-13H2,2H3. The average molecular weight is 410 g/mol. The van der Waals surface area contributed by atoms with Crippen molar-refractivity contribution in [2.75, 3.05) is 26.2 Å². The molecule has 156 valence electrons. The van der Waals surface area contributed by atoms with E-state index in [0.717, 1.165) is 5.56 Å². The summed E-state index contributed by atoms with van der Waals surface area (Å²) in [5.41, 5.74) is 1.18. The second kappa shape index (κ2) is 8.23. The second-order valence-corrected chi connectivity index (χ2v) is 7.40. The number of halogens is 1. The first-order chi connectivity index (χ1) is 14.5. The van der Waals surface area contributed by atoms with Crippen LogP contribution in [0.25, 0.3) is 11.1 Å². The lowest BCUT2D eigenvalue weighted by Crippen LogP contribution is -2.48. The molecule has 1 saturated heterocycles. The molecule has 0 unspecified atom stereocenters. The van der Waals surface area contributed by atoms with E-state index in [9.17, 15) is 14.0 Å². The number of benzene rings is 1. The normalized spacial score (nSPS) is 14.9. The maximum Gasteiger partial charge on any atom is 0.265 e. The number of fused-ring (bicyclic) bond motifs is 1. The van der Waals surface area contributed by atoms with E-state index >= 15 is 0 Å². The number of carbonyl (C=O) groups is 1. The molecule has 1 aliphatic heterocycles. The Morgan fingerprint density at radius 3 is 2.60 bits per heavy atom. The molecule has 8 heteroatoms. The van der Waals surface area contributed by atoms with Crippen LogP contribution in [0, 0.1) is 12.7 Å². The van der Waals surface area contributed by atoms with Crippen LogP contribution in [0.3, 0.4) is 0 Å². The third kappa shape index (κ3) is 3.78. The van der Waals surface area contributed by atoms with Crippen LogP contribution < -0.4 is 5.56 Å². The SMILES string of the molecule is C=CCn1cnc2oc(C)c(C(=O)N3CCN(Cc4ccc(F)cc4)CC3)c2c1=O. The van der Waals surface area contributed by atoms with Gasteiger partial charge in [-0.05, 0) is 24.6 Å². The van der Waals surface area contributed by atoms with Crippen LogP contribution >= 0.6 is 0 Å². The summed E-state index contributed by atoms with van der Waals surface area (Å²) in [6, 6.07) is 6.45. The predicted octanol–water partition coefficient (Wildman–Crippen LogP) is 2.58. The minimum atomic E-state index is -0.310. The summed E-state index contributed by atoms with van der Waals surface area (Å²) >= 11 is 0. The third-order valence-corrected chi connectivity index (χ3v) is 5.37. The number of furan rings is 1. The van der Waals surface area contributed by atoms with Crippen molar-refractivity contribution >= 4 is 17.0 Å². The Morgan fingerprint density at radius 1 is 1.23 bits per heavy atom. The molecule has 0 saturated carbocycles. The van der Waals surface area contributed by atoms with Gasteiger partial charge in [0.15, 0.2) is 0 Å². The zero-order valence-corrected chi connectivity index (χ0v) is 16.8. The molecular formula is C22H23FN4O3. The fraction of sp³-hybridized carbons (Fsp3) is 0.318. The van der Waals surface area contributed by atoms with Crippen molar-refractivity contribution in [1.29, 1.82) is 0 Å². The summed E-state index contributed by atoms with van der Waals surface area (Å²) in [5.74, 6) is -0.0776. The fourth-order valence-corrected chi connectivity index (χ4v) is 3.78. The van der Waals surface area contributed by atoms with Crippen LogP contribution in [-0.4, -0.2) is 51.4 Å². The molecule has 0 aliphatic carbocycles. The monoisotopic (exact) mass is 410 g/mol. The molecule has 0 atom stereocenters. The molecule has 0 bridgehead atoms. The zero-order valence-electron chi connectivity index (χ0n) is 16.8. The molecule has 4 rings (SSSR count). The Hall–Kier alpha value is -3.26. The van der Waals surface area contributed by atoms with Gasteiger partial charge in [0.05, 0.1) is 5.56 Å². The van der Waals surface area contributed by atoms with Gasteiger partial charge in [-0.25, -0.2) is 9.37 Å². The molecule has 3 heterocycles. The Bertz CT molecular complexity index is 1140. The maximum atomic E-state index is 13.2. The lowest BCUT2D eigenvalue weighted by Gasteiger charge is -2.34. The number of aromatic nitrogens is 2. The molecule has 2 aromatic heterocycles. The van der Waals surface area contributed by atoms with Crippen molar-refractivity contribution in [1.82, 2.24) is 19.4 Å². The molecule has 7 nitrogen and oxygen atoms in total. The van der Waals surface area contributed by atoms with E-state index in [1.54, 1.807) is 30.0 Å². The summed E-state index contributed by atoms with van der Waals surface area (Å²) in [6.07, 6.45) is 3.00. The molecule has 1 amide bonds. The van der Waals surface area contributed by atoms with Gasteiger partial charge in [-0.1, -0.05) is 18.2 Å².